The van der Waals surface area contributed by atoms with Crippen molar-refractivity contribution < 1.29 is 9.59 Å². The Balaban J connectivity index is 0.729. The molecule has 1 aromatic heterocycles. The van der Waals surface area contributed by atoms with E-state index < -0.39 is 0 Å². The van der Waals surface area contributed by atoms with Gasteiger partial charge >= 0.3 is 12.1 Å². The molecule has 4 bridgehead atoms. The molecule has 4 amide bonds. The van der Waals surface area contributed by atoms with Crippen LogP contribution in [0.1, 0.15) is 142 Å². The highest BCUT2D eigenvalue weighted by molar-refractivity contribution is 5.83. The number of hydrogen-bond donors (Lipinski definition) is 4. The van der Waals surface area contributed by atoms with Gasteiger partial charge in [-0.25, -0.2) is 9.59 Å². The average Bonchev–Trinajstić information content (AvgIpc) is 4.08. The summed E-state index contributed by atoms with van der Waals surface area (Å²) in [6.45, 7) is 2.69. The highest BCUT2D eigenvalue weighted by Crippen LogP contribution is 2.54. The van der Waals surface area contributed by atoms with Gasteiger partial charge in [0.25, 0.3) is 0 Å². The van der Waals surface area contributed by atoms with Gasteiger partial charge in [-0.05, 0) is 155 Å². The topological polar surface area (TPSA) is 110 Å². The number of benzene rings is 3. The van der Waals surface area contributed by atoms with Crippen molar-refractivity contribution in [3.63, 3.8) is 0 Å². The van der Waals surface area contributed by atoms with Gasteiger partial charge in [-0.15, -0.1) is 0 Å². The number of amides is 4. The van der Waals surface area contributed by atoms with Gasteiger partial charge in [-0.2, -0.15) is 0 Å². The van der Waals surface area contributed by atoms with E-state index in [4.69, 9.17) is 5.73 Å². The van der Waals surface area contributed by atoms with E-state index >= 15 is 0 Å². The molecular weight excluding hydrogens is 719 g/mol. The molecule has 5 N–H and O–H groups in total. The standard InChI is InChI=1S/C49H63N7O2/c50-48(57)56(36-19-15-33(16-20-36)26-28-55-46-23-24-47(55)42-11-4-3-10-41(42)46)37(29-34-30-51-43-12-6-5-7-38(34)43)31-52-49(58)53-35-17-13-32(14-18-35)25-27-54-44-21-22-45(54)40-9-2-1-8-39(40)44/h1-12,30,32-33,35-37,44-47,51H,13-29,31H2,(H2,50,57)(H2,52,53,58)/t32?,33?,35?,36?,37?,44-,45+,46-,47+. The largest absolute Gasteiger partial charge is 0.361 e. The van der Waals surface area contributed by atoms with Crippen LogP contribution in [0.5, 0.6) is 0 Å². The van der Waals surface area contributed by atoms with Crippen LogP contribution in [0.4, 0.5) is 9.59 Å². The molecule has 2 saturated heterocycles. The van der Waals surface area contributed by atoms with Crippen LogP contribution < -0.4 is 16.4 Å². The summed E-state index contributed by atoms with van der Waals surface area (Å²) in [4.78, 5) is 37.9. The fourth-order valence-electron chi connectivity index (χ4n) is 12.8. The predicted octanol–water partition coefficient (Wildman–Crippen LogP) is 9.44. The summed E-state index contributed by atoms with van der Waals surface area (Å²) < 4.78 is 0. The minimum absolute atomic E-state index is 0.0706. The Bertz CT molecular complexity index is 2020. The molecular formula is C49H63N7O2. The zero-order chi connectivity index (χ0) is 39.2. The van der Waals surface area contributed by atoms with Crippen LogP contribution in [0.3, 0.4) is 0 Å². The zero-order valence-corrected chi connectivity index (χ0v) is 34.2. The fraction of sp³-hybridized carbons (Fsp3) is 0.551. The second-order valence-corrected chi connectivity index (χ2v) is 18.7. The first-order valence-corrected chi connectivity index (χ1v) is 22.8. The molecule has 58 heavy (non-hydrogen) atoms. The van der Waals surface area contributed by atoms with E-state index in [9.17, 15) is 9.59 Å². The number of fused-ring (bicyclic) bond motifs is 11. The maximum absolute atomic E-state index is 13.5. The van der Waals surface area contributed by atoms with Crippen LogP contribution in [-0.4, -0.2) is 69.5 Å². The van der Waals surface area contributed by atoms with E-state index in [2.05, 4.69) is 98.3 Å². The Morgan fingerprint density at radius 1 is 0.672 bits per heavy atom. The van der Waals surface area contributed by atoms with Gasteiger partial charge in [0.05, 0.1) is 6.04 Å². The van der Waals surface area contributed by atoms with Gasteiger partial charge in [0.15, 0.2) is 0 Å². The quantitative estimate of drug-likeness (QED) is 0.108. The minimum atomic E-state index is -0.383. The van der Waals surface area contributed by atoms with Crippen molar-refractivity contribution in [2.75, 3.05) is 19.6 Å². The van der Waals surface area contributed by atoms with E-state index in [-0.39, 0.29) is 30.2 Å². The van der Waals surface area contributed by atoms with Crippen LogP contribution in [0.15, 0.2) is 79.0 Å². The molecule has 5 heterocycles. The van der Waals surface area contributed by atoms with Crippen molar-refractivity contribution >= 4 is 23.0 Å². The molecule has 9 nitrogen and oxygen atoms in total. The first kappa shape index (κ1) is 37.9. The molecule has 9 heteroatoms. The Morgan fingerprint density at radius 2 is 1.17 bits per heavy atom. The van der Waals surface area contributed by atoms with Gasteiger partial charge in [0.2, 0.25) is 0 Å². The Morgan fingerprint density at radius 3 is 1.71 bits per heavy atom. The molecule has 306 valence electrons. The van der Waals surface area contributed by atoms with Gasteiger partial charge in [0.1, 0.15) is 0 Å². The number of carbonyl (C=O) groups excluding carboxylic acids is 2. The lowest BCUT2D eigenvalue weighted by Crippen LogP contribution is -2.56. The molecule has 10 rings (SSSR count). The summed E-state index contributed by atoms with van der Waals surface area (Å²) in [6, 6.07) is 28.4. The Hall–Kier alpha value is -4.34. The molecule has 4 fully saturated rings. The first-order chi connectivity index (χ1) is 28.5. The van der Waals surface area contributed by atoms with E-state index in [1.54, 1.807) is 22.3 Å². The molecule has 6 aliphatic rings. The Labute approximate surface area is 344 Å². The van der Waals surface area contributed by atoms with Crippen molar-refractivity contribution in [2.45, 2.75) is 139 Å². The van der Waals surface area contributed by atoms with Crippen molar-refractivity contribution in [1.82, 2.24) is 30.3 Å². The second kappa shape index (κ2) is 16.4. The monoisotopic (exact) mass is 782 g/mol. The van der Waals surface area contributed by atoms with Crippen molar-refractivity contribution in [3.8, 4) is 0 Å². The number of rotatable bonds is 13. The Kier molecular flexibility index (Phi) is 10.7. The van der Waals surface area contributed by atoms with Gasteiger partial charge in [-0.1, -0.05) is 66.7 Å². The third kappa shape index (κ3) is 7.31. The van der Waals surface area contributed by atoms with Crippen LogP contribution in [0.25, 0.3) is 10.9 Å². The lowest BCUT2D eigenvalue weighted by atomic mass is 9.82. The molecule has 2 saturated carbocycles. The third-order valence-electron chi connectivity index (χ3n) is 15.7. The van der Waals surface area contributed by atoms with E-state index in [1.165, 1.54) is 45.1 Å². The molecule has 4 aromatic rings. The van der Waals surface area contributed by atoms with Gasteiger partial charge in [0, 0.05) is 59.9 Å². The van der Waals surface area contributed by atoms with Crippen molar-refractivity contribution in [2.24, 2.45) is 17.6 Å². The van der Waals surface area contributed by atoms with E-state index in [0.29, 0.717) is 43.1 Å². The summed E-state index contributed by atoms with van der Waals surface area (Å²) in [5, 5.41) is 7.70. The van der Waals surface area contributed by atoms with E-state index in [1.807, 2.05) is 11.0 Å². The number of carbonyl (C=O) groups is 2. The molecule has 2 aliphatic carbocycles. The fourth-order valence-corrected chi connectivity index (χ4v) is 12.8. The number of primary amides is 1. The lowest BCUT2D eigenvalue weighted by Gasteiger charge is -2.41. The zero-order valence-electron chi connectivity index (χ0n) is 34.2. The third-order valence-corrected chi connectivity index (χ3v) is 15.7. The van der Waals surface area contributed by atoms with Crippen LogP contribution in [0, 0.1) is 11.8 Å². The number of H-pyrrole nitrogens is 1. The van der Waals surface area contributed by atoms with Crippen LogP contribution in [0.2, 0.25) is 0 Å². The lowest BCUT2D eigenvalue weighted by molar-refractivity contribution is 0.110. The summed E-state index contributed by atoms with van der Waals surface area (Å²) in [5.41, 5.74) is 14.7. The number of aromatic amines is 1. The average molecular weight is 782 g/mol. The molecule has 4 aliphatic heterocycles. The van der Waals surface area contributed by atoms with Gasteiger partial charge in [-0.3, -0.25) is 9.80 Å². The van der Waals surface area contributed by atoms with Gasteiger partial charge < -0.3 is 26.3 Å². The molecule has 0 radical (unpaired) electrons. The summed E-state index contributed by atoms with van der Waals surface area (Å²) in [5.74, 6) is 1.38. The normalized spacial score (nSPS) is 29.3. The molecule has 5 atom stereocenters. The molecule has 0 spiro atoms. The number of nitrogens with one attached hydrogen (secondary N) is 3. The smallest absolute Gasteiger partial charge is 0.315 e. The number of para-hydroxylation sites is 1. The van der Waals surface area contributed by atoms with Crippen molar-refractivity contribution in [3.05, 3.63) is 107 Å². The molecule has 1 unspecified atom stereocenters. The summed E-state index contributed by atoms with van der Waals surface area (Å²) in [7, 11) is 0. The predicted molar refractivity (Wildman–Crippen MR) is 230 cm³/mol. The van der Waals surface area contributed by atoms with Crippen LogP contribution >= 0.6 is 0 Å². The number of nitrogens with two attached hydrogens (primary N) is 1. The summed E-state index contributed by atoms with van der Waals surface area (Å²) in [6.07, 6.45) is 18.8. The maximum Gasteiger partial charge on any atom is 0.315 e. The van der Waals surface area contributed by atoms with Crippen LogP contribution in [-0.2, 0) is 6.42 Å². The summed E-state index contributed by atoms with van der Waals surface area (Å²) >= 11 is 0. The number of nitrogens with zero attached hydrogens (tertiary/aromatic N) is 3. The maximum atomic E-state index is 13.5. The first-order valence-electron chi connectivity index (χ1n) is 22.8. The highest BCUT2D eigenvalue weighted by Gasteiger charge is 2.45. The number of hydrogen-bond acceptors (Lipinski definition) is 4. The van der Waals surface area contributed by atoms with E-state index in [0.717, 1.165) is 80.3 Å². The second-order valence-electron chi connectivity index (χ2n) is 18.7. The SMILES string of the molecule is NC(=O)N(C1CCC(CCN2[C@@H]3CC[C@H]2c2ccccc23)CC1)C(CNC(=O)NC1CCC(CCN2[C@@H]3CC[C@H]2c2ccccc23)CC1)Cc1c[nH]c2ccccc12. The molecule has 3 aromatic carbocycles. The number of urea groups is 2. The highest BCUT2D eigenvalue weighted by atomic mass is 16.2. The minimum Gasteiger partial charge on any atom is -0.361 e. The van der Waals surface area contributed by atoms with Crippen molar-refractivity contribution in [1.29, 1.82) is 0 Å². The number of aromatic nitrogens is 1.